The molecule has 0 aliphatic carbocycles. The maximum Gasteiger partial charge on any atom is 0.272 e. The maximum atomic E-state index is 11.0. The minimum atomic E-state index is -0.848. The van der Waals surface area contributed by atoms with Crippen LogP contribution in [0.1, 0.15) is 17.2 Å². The SMILES string of the molecule is O=NN(CCc1ccccc1[N+](=O)[O-])C[C@H](O)c1ccccc1. The van der Waals surface area contributed by atoms with Crippen molar-refractivity contribution >= 4 is 5.69 Å². The highest BCUT2D eigenvalue weighted by Crippen LogP contribution is 2.19. The molecule has 2 aromatic carbocycles. The van der Waals surface area contributed by atoms with Gasteiger partial charge in [0.2, 0.25) is 0 Å². The average molecular weight is 315 g/mol. The van der Waals surface area contributed by atoms with Crippen LogP contribution in [0.25, 0.3) is 0 Å². The standard InChI is InChI=1S/C16H17N3O4/c20-16(14-7-2-1-3-8-14)12-18(17-21)11-10-13-6-4-5-9-15(13)19(22)23/h1-9,16,20H,10-12H2/t16-/m0/s1. The lowest BCUT2D eigenvalue weighted by molar-refractivity contribution is -0.385. The topological polar surface area (TPSA) is 96.0 Å². The van der Waals surface area contributed by atoms with Crippen molar-refractivity contribution < 1.29 is 10.0 Å². The summed E-state index contributed by atoms with van der Waals surface area (Å²) in [5, 5.41) is 25.2. The van der Waals surface area contributed by atoms with E-state index in [0.29, 0.717) is 17.5 Å². The third-order valence-corrected chi connectivity index (χ3v) is 3.51. The minimum absolute atomic E-state index is 0.0157. The fourth-order valence-electron chi connectivity index (χ4n) is 2.30. The van der Waals surface area contributed by atoms with E-state index in [1.165, 1.54) is 11.1 Å². The average Bonchev–Trinajstić information content (AvgIpc) is 2.59. The van der Waals surface area contributed by atoms with Crippen LogP contribution < -0.4 is 0 Å². The molecule has 23 heavy (non-hydrogen) atoms. The molecule has 0 bridgehead atoms. The number of nitro benzene ring substituents is 1. The van der Waals surface area contributed by atoms with E-state index in [9.17, 15) is 20.1 Å². The van der Waals surface area contributed by atoms with Gasteiger partial charge in [-0.15, -0.1) is 4.91 Å². The van der Waals surface area contributed by atoms with Crippen LogP contribution in [0.5, 0.6) is 0 Å². The summed E-state index contributed by atoms with van der Waals surface area (Å²) >= 11 is 0. The molecule has 0 amide bonds. The van der Waals surface area contributed by atoms with E-state index in [1.54, 1.807) is 42.5 Å². The number of hydrogen-bond acceptors (Lipinski definition) is 5. The van der Waals surface area contributed by atoms with Gasteiger partial charge in [0.15, 0.2) is 0 Å². The number of nitroso groups, excluding NO2 is 1. The first kappa shape index (κ1) is 16.6. The number of nitrogens with zero attached hydrogens (tertiary/aromatic N) is 3. The van der Waals surface area contributed by atoms with Gasteiger partial charge in [-0.25, -0.2) is 0 Å². The van der Waals surface area contributed by atoms with Crippen molar-refractivity contribution in [1.82, 2.24) is 5.01 Å². The molecule has 120 valence electrons. The molecule has 2 aromatic rings. The lowest BCUT2D eigenvalue weighted by Gasteiger charge is -2.19. The van der Waals surface area contributed by atoms with Crippen molar-refractivity contribution in [2.45, 2.75) is 12.5 Å². The van der Waals surface area contributed by atoms with Crippen molar-refractivity contribution in [2.75, 3.05) is 13.1 Å². The zero-order chi connectivity index (χ0) is 16.7. The smallest absolute Gasteiger partial charge is 0.272 e. The van der Waals surface area contributed by atoms with E-state index in [-0.39, 0.29) is 18.8 Å². The van der Waals surface area contributed by atoms with E-state index in [2.05, 4.69) is 5.29 Å². The second kappa shape index (κ2) is 8.00. The lowest BCUT2D eigenvalue weighted by atomic mass is 10.1. The molecule has 0 saturated carbocycles. The molecule has 0 spiro atoms. The molecule has 0 radical (unpaired) electrons. The number of nitro groups is 1. The van der Waals surface area contributed by atoms with Crippen LogP contribution in [0.15, 0.2) is 59.9 Å². The molecule has 0 unspecified atom stereocenters. The van der Waals surface area contributed by atoms with Crippen LogP contribution in [0.3, 0.4) is 0 Å². The summed E-state index contributed by atoms with van der Waals surface area (Å²) in [5.74, 6) is 0. The summed E-state index contributed by atoms with van der Waals surface area (Å²) in [6.07, 6.45) is -0.552. The summed E-state index contributed by atoms with van der Waals surface area (Å²) in [4.78, 5) is 21.5. The maximum absolute atomic E-state index is 11.0. The van der Waals surface area contributed by atoms with Crippen molar-refractivity contribution in [1.29, 1.82) is 0 Å². The number of aliphatic hydroxyl groups excluding tert-OH is 1. The van der Waals surface area contributed by atoms with Gasteiger partial charge in [0, 0.05) is 18.2 Å². The molecule has 0 aromatic heterocycles. The Morgan fingerprint density at radius 2 is 1.78 bits per heavy atom. The quantitative estimate of drug-likeness (QED) is 0.459. The molecule has 7 heteroatoms. The van der Waals surface area contributed by atoms with E-state index >= 15 is 0 Å². The molecule has 0 aliphatic heterocycles. The normalized spacial score (nSPS) is 11.7. The number of para-hydroxylation sites is 1. The van der Waals surface area contributed by atoms with Gasteiger partial charge in [0.25, 0.3) is 5.69 Å². The first-order valence-electron chi connectivity index (χ1n) is 7.15. The Bertz CT molecular complexity index is 663. The summed E-state index contributed by atoms with van der Waals surface area (Å²) in [7, 11) is 0. The van der Waals surface area contributed by atoms with Crippen molar-refractivity contribution in [2.24, 2.45) is 5.29 Å². The third-order valence-electron chi connectivity index (χ3n) is 3.51. The van der Waals surface area contributed by atoms with Gasteiger partial charge in [-0.2, -0.15) is 0 Å². The second-order valence-electron chi connectivity index (χ2n) is 5.06. The highest BCUT2D eigenvalue weighted by Gasteiger charge is 2.16. The largest absolute Gasteiger partial charge is 0.386 e. The van der Waals surface area contributed by atoms with E-state index in [4.69, 9.17) is 0 Å². The Morgan fingerprint density at radius 3 is 2.43 bits per heavy atom. The molecule has 1 N–H and O–H groups in total. The molecule has 0 heterocycles. The van der Waals surface area contributed by atoms with E-state index in [1.807, 2.05) is 6.07 Å². The number of benzene rings is 2. The van der Waals surface area contributed by atoms with Crippen LogP contribution in [0.2, 0.25) is 0 Å². The first-order valence-corrected chi connectivity index (χ1v) is 7.15. The van der Waals surface area contributed by atoms with Crippen LogP contribution in [0, 0.1) is 15.0 Å². The first-order chi connectivity index (χ1) is 11.1. The summed E-state index contributed by atoms with van der Waals surface area (Å²) < 4.78 is 0. The lowest BCUT2D eigenvalue weighted by Crippen LogP contribution is -2.25. The predicted molar refractivity (Wildman–Crippen MR) is 85.6 cm³/mol. The number of rotatable bonds is 8. The summed E-state index contributed by atoms with van der Waals surface area (Å²) in [6, 6.07) is 15.3. The van der Waals surface area contributed by atoms with Gasteiger partial charge >= 0.3 is 0 Å². The second-order valence-corrected chi connectivity index (χ2v) is 5.06. The number of aliphatic hydroxyl groups is 1. The van der Waals surface area contributed by atoms with Crippen LogP contribution >= 0.6 is 0 Å². The fraction of sp³-hybridized carbons (Fsp3) is 0.250. The van der Waals surface area contributed by atoms with Gasteiger partial charge in [-0.05, 0) is 12.0 Å². The van der Waals surface area contributed by atoms with Gasteiger partial charge in [0.05, 0.1) is 22.9 Å². The van der Waals surface area contributed by atoms with Gasteiger partial charge in [-0.3, -0.25) is 15.1 Å². The highest BCUT2D eigenvalue weighted by atomic mass is 16.6. The molecule has 7 nitrogen and oxygen atoms in total. The van der Waals surface area contributed by atoms with Crippen LogP contribution in [-0.4, -0.2) is 28.1 Å². The molecule has 0 fully saturated rings. The molecule has 0 saturated heterocycles. The van der Waals surface area contributed by atoms with Crippen molar-refractivity contribution in [3.8, 4) is 0 Å². The highest BCUT2D eigenvalue weighted by molar-refractivity contribution is 5.39. The molecule has 2 rings (SSSR count). The molecule has 1 atom stereocenters. The minimum Gasteiger partial charge on any atom is -0.386 e. The van der Waals surface area contributed by atoms with Gasteiger partial charge < -0.3 is 5.11 Å². The Balaban J connectivity index is 1.98. The zero-order valence-corrected chi connectivity index (χ0v) is 12.4. The Kier molecular flexibility index (Phi) is 5.76. The van der Waals surface area contributed by atoms with E-state index < -0.39 is 11.0 Å². The van der Waals surface area contributed by atoms with Crippen molar-refractivity contribution in [3.05, 3.63) is 80.7 Å². The zero-order valence-electron chi connectivity index (χ0n) is 12.4. The predicted octanol–water partition coefficient (Wildman–Crippen LogP) is 2.85. The monoisotopic (exact) mass is 315 g/mol. The molecule has 0 aliphatic rings. The van der Waals surface area contributed by atoms with E-state index in [0.717, 1.165) is 0 Å². The summed E-state index contributed by atoms with van der Waals surface area (Å²) in [5.41, 5.74) is 1.23. The van der Waals surface area contributed by atoms with Gasteiger partial charge in [-0.1, -0.05) is 48.5 Å². The Labute approximate surface area is 133 Å². The summed E-state index contributed by atoms with van der Waals surface area (Å²) in [6.45, 7) is 0.229. The molecular weight excluding hydrogens is 298 g/mol. The van der Waals surface area contributed by atoms with Crippen LogP contribution in [-0.2, 0) is 6.42 Å². The fourth-order valence-corrected chi connectivity index (χ4v) is 2.30. The number of hydrogen-bond donors (Lipinski definition) is 1. The Hall–Kier alpha value is -2.80. The third kappa shape index (κ3) is 4.58. The van der Waals surface area contributed by atoms with Crippen molar-refractivity contribution in [3.63, 3.8) is 0 Å². The molecular formula is C16H17N3O4. The Morgan fingerprint density at radius 1 is 1.13 bits per heavy atom. The van der Waals surface area contributed by atoms with Gasteiger partial charge in [0.1, 0.15) is 0 Å². The van der Waals surface area contributed by atoms with Crippen LogP contribution in [0.4, 0.5) is 5.69 Å².